The van der Waals surface area contributed by atoms with Gasteiger partial charge in [0.2, 0.25) is 5.95 Å². The summed E-state index contributed by atoms with van der Waals surface area (Å²) >= 11 is 0. The van der Waals surface area contributed by atoms with E-state index in [9.17, 15) is 0 Å². The van der Waals surface area contributed by atoms with E-state index < -0.39 is 0 Å². The van der Waals surface area contributed by atoms with Crippen molar-refractivity contribution >= 4 is 5.95 Å². The predicted octanol–water partition coefficient (Wildman–Crippen LogP) is 1.04. The van der Waals surface area contributed by atoms with E-state index in [0.29, 0.717) is 6.04 Å². The van der Waals surface area contributed by atoms with Gasteiger partial charge in [0.15, 0.2) is 5.82 Å². The van der Waals surface area contributed by atoms with Gasteiger partial charge in [0.1, 0.15) is 0 Å². The van der Waals surface area contributed by atoms with E-state index >= 15 is 0 Å². The minimum atomic E-state index is 0.534. The van der Waals surface area contributed by atoms with Crippen molar-refractivity contribution in [1.29, 1.82) is 0 Å². The second-order valence-electron chi connectivity index (χ2n) is 3.26. The van der Waals surface area contributed by atoms with E-state index in [-0.39, 0.29) is 0 Å². The Bertz CT molecular complexity index is 279. The van der Waals surface area contributed by atoms with Crippen LogP contribution in [0.25, 0.3) is 0 Å². The number of aromatic nitrogens is 3. The molecule has 0 fully saturated rings. The first-order valence-corrected chi connectivity index (χ1v) is 4.50. The Hall–Kier alpha value is -1.06. The monoisotopic (exact) mass is 166 g/mol. The van der Waals surface area contributed by atoms with Crippen LogP contribution in [0.1, 0.15) is 26.1 Å². The molecule has 1 atom stereocenters. The van der Waals surface area contributed by atoms with Gasteiger partial charge in [0.05, 0.1) is 0 Å². The molecule has 0 spiro atoms. The maximum Gasteiger partial charge on any atom is 0.221 e. The van der Waals surface area contributed by atoms with E-state index in [1.807, 2.05) is 4.68 Å². The third kappa shape index (κ3) is 1.17. The van der Waals surface area contributed by atoms with Crippen LogP contribution < -0.4 is 5.32 Å². The highest BCUT2D eigenvalue weighted by atomic mass is 15.4. The molecule has 2 rings (SSSR count). The molecule has 66 valence electrons. The van der Waals surface area contributed by atoms with Crippen molar-refractivity contribution in [3.05, 3.63) is 5.82 Å². The van der Waals surface area contributed by atoms with Crippen molar-refractivity contribution in [3.8, 4) is 0 Å². The van der Waals surface area contributed by atoms with Gasteiger partial charge in [0.25, 0.3) is 0 Å². The lowest BCUT2D eigenvalue weighted by atomic mass is 10.2. The van der Waals surface area contributed by atoms with Crippen LogP contribution in [-0.4, -0.2) is 20.8 Å². The number of nitrogens with zero attached hydrogens (tertiary/aromatic N) is 3. The molecule has 1 aliphatic heterocycles. The lowest BCUT2D eigenvalue weighted by Crippen LogP contribution is -2.26. The molecule has 1 unspecified atom stereocenters. The number of rotatable bonds is 1. The Morgan fingerprint density at radius 2 is 2.50 bits per heavy atom. The fraction of sp³-hybridized carbons (Fsp3) is 0.750. The molecule has 0 saturated heterocycles. The smallest absolute Gasteiger partial charge is 0.221 e. The van der Waals surface area contributed by atoms with Gasteiger partial charge in [-0.1, -0.05) is 6.92 Å². The SMILES string of the molecule is CCc1nc2n(n1)CCC(C)N2. The Balaban J connectivity index is 2.28. The fourth-order valence-corrected chi connectivity index (χ4v) is 1.41. The highest BCUT2D eigenvalue weighted by molar-refractivity contribution is 5.28. The molecule has 0 radical (unpaired) electrons. The molecule has 1 aromatic rings. The average molecular weight is 166 g/mol. The van der Waals surface area contributed by atoms with Gasteiger partial charge in [-0.2, -0.15) is 10.1 Å². The maximum atomic E-state index is 4.36. The molecule has 0 amide bonds. The fourth-order valence-electron chi connectivity index (χ4n) is 1.41. The van der Waals surface area contributed by atoms with Crippen LogP contribution in [0, 0.1) is 0 Å². The zero-order chi connectivity index (χ0) is 8.55. The topological polar surface area (TPSA) is 42.7 Å². The molecule has 0 aromatic carbocycles. The van der Waals surface area contributed by atoms with E-state index in [0.717, 1.165) is 31.2 Å². The van der Waals surface area contributed by atoms with E-state index in [1.54, 1.807) is 0 Å². The number of anilines is 1. The number of nitrogens with one attached hydrogen (secondary N) is 1. The summed E-state index contributed by atoms with van der Waals surface area (Å²) in [7, 11) is 0. The maximum absolute atomic E-state index is 4.36. The predicted molar refractivity (Wildman–Crippen MR) is 47.1 cm³/mol. The van der Waals surface area contributed by atoms with Crippen LogP contribution in [0.15, 0.2) is 0 Å². The van der Waals surface area contributed by atoms with Crippen molar-refractivity contribution in [2.45, 2.75) is 39.3 Å². The van der Waals surface area contributed by atoms with Crippen molar-refractivity contribution < 1.29 is 0 Å². The summed E-state index contributed by atoms with van der Waals surface area (Å²) in [5.74, 6) is 1.87. The standard InChI is InChI=1S/C8H14N4/c1-3-7-10-8-9-6(2)4-5-12(8)11-7/h6H,3-5H2,1-2H3,(H,9,10,11). The summed E-state index contributed by atoms with van der Waals surface area (Å²) in [6, 6.07) is 0.534. The van der Waals surface area contributed by atoms with E-state index in [4.69, 9.17) is 0 Å². The Kier molecular flexibility index (Phi) is 1.75. The Morgan fingerprint density at radius 3 is 3.25 bits per heavy atom. The van der Waals surface area contributed by atoms with Crippen LogP contribution in [0.5, 0.6) is 0 Å². The average Bonchev–Trinajstić information content (AvgIpc) is 2.46. The summed E-state index contributed by atoms with van der Waals surface area (Å²) in [4.78, 5) is 4.36. The molecule has 0 saturated carbocycles. The van der Waals surface area contributed by atoms with Gasteiger partial charge in [-0.15, -0.1) is 0 Å². The van der Waals surface area contributed by atoms with Gasteiger partial charge in [-0.05, 0) is 13.3 Å². The lowest BCUT2D eigenvalue weighted by molar-refractivity contribution is 0.507. The second-order valence-corrected chi connectivity index (χ2v) is 3.26. The van der Waals surface area contributed by atoms with Crippen LogP contribution >= 0.6 is 0 Å². The molecular weight excluding hydrogens is 152 g/mol. The third-order valence-corrected chi connectivity index (χ3v) is 2.18. The van der Waals surface area contributed by atoms with Gasteiger partial charge in [-0.3, -0.25) is 0 Å². The summed E-state index contributed by atoms with van der Waals surface area (Å²) < 4.78 is 1.96. The first-order valence-electron chi connectivity index (χ1n) is 4.50. The highest BCUT2D eigenvalue weighted by Crippen LogP contribution is 2.14. The number of hydrogen-bond acceptors (Lipinski definition) is 3. The summed E-state index contributed by atoms with van der Waals surface area (Å²) in [6.45, 7) is 5.24. The van der Waals surface area contributed by atoms with E-state index in [2.05, 4.69) is 29.2 Å². The molecule has 12 heavy (non-hydrogen) atoms. The van der Waals surface area contributed by atoms with Crippen LogP contribution in [0.3, 0.4) is 0 Å². The second kappa shape index (κ2) is 2.77. The molecule has 4 nitrogen and oxygen atoms in total. The highest BCUT2D eigenvalue weighted by Gasteiger charge is 2.16. The molecular formula is C8H14N4. The molecule has 1 aliphatic rings. The third-order valence-electron chi connectivity index (χ3n) is 2.18. The minimum Gasteiger partial charge on any atom is -0.352 e. The number of aryl methyl sites for hydroxylation is 2. The van der Waals surface area contributed by atoms with Gasteiger partial charge in [0, 0.05) is 19.0 Å². The number of hydrogen-bond donors (Lipinski definition) is 1. The van der Waals surface area contributed by atoms with Crippen LogP contribution in [0.2, 0.25) is 0 Å². The Labute approximate surface area is 72.0 Å². The van der Waals surface area contributed by atoms with Crippen molar-refractivity contribution in [2.75, 3.05) is 5.32 Å². The summed E-state index contributed by atoms with van der Waals surface area (Å²) in [5.41, 5.74) is 0. The summed E-state index contributed by atoms with van der Waals surface area (Å²) in [6.07, 6.45) is 2.05. The van der Waals surface area contributed by atoms with Crippen LogP contribution in [-0.2, 0) is 13.0 Å². The Morgan fingerprint density at radius 1 is 1.67 bits per heavy atom. The van der Waals surface area contributed by atoms with Crippen LogP contribution in [0.4, 0.5) is 5.95 Å². The molecule has 2 heterocycles. The number of fused-ring (bicyclic) bond motifs is 1. The van der Waals surface area contributed by atoms with Gasteiger partial charge in [-0.25, -0.2) is 4.68 Å². The van der Waals surface area contributed by atoms with Gasteiger partial charge >= 0.3 is 0 Å². The zero-order valence-electron chi connectivity index (χ0n) is 7.54. The molecule has 0 aliphatic carbocycles. The first-order chi connectivity index (χ1) is 5.79. The normalized spacial score (nSPS) is 21.7. The molecule has 4 heteroatoms. The molecule has 0 bridgehead atoms. The van der Waals surface area contributed by atoms with Gasteiger partial charge < -0.3 is 5.32 Å². The largest absolute Gasteiger partial charge is 0.352 e. The lowest BCUT2D eigenvalue weighted by Gasteiger charge is -2.20. The summed E-state index contributed by atoms with van der Waals surface area (Å²) in [5, 5.41) is 7.65. The zero-order valence-corrected chi connectivity index (χ0v) is 7.54. The van der Waals surface area contributed by atoms with Crippen molar-refractivity contribution in [3.63, 3.8) is 0 Å². The quantitative estimate of drug-likeness (QED) is 0.678. The minimum absolute atomic E-state index is 0.534. The van der Waals surface area contributed by atoms with Crippen molar-refractivity contribution in [2.24, 2.45) is 0 Å². The molecule has 1 N–H and O–H groups in total. The molecule has 1 aromatic heterocycles. The first kappa shape index (κ1) is 7.58. The van der Waals surface area contributed by atoms with E-state index in [1.165, 1.54) is 0 Å². The van der Waals surface area contributed by atoms with Crippen molar-refractivity contribution in [1.82, 2.24) is 14.8 Å².